The fraction of sp³-hybridized carbons (Fsp3) is 0.208. The van der Waals surface area contributed by atoms with Gasteiger partial charge in [0.15, 0.2) is 0 Å². The van der Waals surface area contributed by atoms with E-state index >= 15 is 0 Å². The van der Waals surface area contributed by atoms with Gasteiger partial charge in [0.25, 0.3) is 15.9 Å². The highest BCUT2D eigenvalue weighted by Gasteiger charge is 2.22. The predicted molar refractivity (Wildman–Crippen MR) is 124 cm³/mol. The standard InChI is InChI=1S/C24H26N2O5S/c1-4-22(17-8-6-5-7-9-17)25-24(27)21-16-19(31-3)12-15-23(21)26-32(28,29)20-13-10-18(30-2)11-14-20/h5-16,22,26H,4H2,1-3H3,(H,25,27). The Balaban J connectivity index is 1.91. The molecule has 0 spiro atoms. The number of nitrogens with one attached hydrogen (secondary N) is 2. The third-order valence-electron chi connectivity index (χ3n) is 5.00. The lowest BCUT2D eigenvalue weighted by Crippen LogP contribution is -2.29. The topological polar surface area (TPSA) is 93.7 Å². The van der Waals surface area contributed by atoms with Gasteiger partial charge in [-0.25, -0.2) is 8.42 Å². The molecule has 2 N–H and O–H groups in total. The van der Waals surface area contributed by atoms with E-state index in [0.717, 1.165) is 5.56 Å². The quantitative estimate of drug-likeness (QED) is 0.500. The third-order valence-corrected chi connectivity index (χ3v) is 6.38. The number of amides is 1. The minimum absolute atomic E-state index is 0.0520. The molecule has 0 aliphatic carbocycles. The summed E-state index contributed by atoms with van der Waals surface area (Å²) < 4.78 is 38.7. The first-order valence-electron chi connectivity index (χ1n) is 10.1. The van der Waals surface area contributed by atoms with Crippen LogP contribution < -0.4 is 19.5 Å². The Bertz CT molecular complexity index is 1160. The summed E-state index contributed by atoms with van der Waals surface area (Å²) in [6.45, 7) is 1.97. The molecule has 0 aliphatic heterocycles. The van der Waals surface area contributed by atoms with Crippen LogP contribution in [0.1, 0.15) is 35.3 Å². The summed E-state index contributed by atoms with van der Waals surface area (Å²) in [6.07, 6.45) is 0.673. The minimum atomic E-state index is -3.93. The number of rotatable bonds is 9. The van der Waals surface area contributed by atoms with Crippen LogP contribution in [0.5, 0.6) is 11.5 Å². The number of anilines is 1. The largest absolute Gasteiger partial charge is 0.497 e. The fourth-order valence-electron chi connectivity index (χ4n) is 3.23. The molecule has 32 heavy (non-hydrogen) atoms. The number of sulfonamides is 1. The van der Waals surface area contributed by atoms with Gasteiger partial charge in [0.05, 0.1) is 36.4 Å². The molecule has 0 aromatic heterocycles. The molecule has 0 saturated carbocycles. The van der Waals surface area contributed by atoms with Crippen molar-refractivity contribution in [3.63, 3.8) is 0 Å². The molecule has 0 fully saturated rings. The lowest BCUT2D eigenvalue weighted by atomic mass is 10.0. The second-order valence-corrected chi connectivity index (χ2v) is 8.72. The highest BCUT2D eigenvalue weighted by atomic mass is 32.2. The van der Waals surface area contributed by atoms with Crippen LogP contribution >= 0.6 is 0 Å². The first-order valence-corrected chi connectivity index (χ1v) is 11.6. The molecule has 0 saturated heterocycles. The van der Waals surface area contributed by atoms with E-state index in [1.54, 1.807) is 18.2 Å². The van der Waals surface area contributed by atoms with Gasteiger partial charge in [0, 0.05) is 0 Å². The van der Waals surface area contributed by atoms with E-state index in [9.17, 15) is 13.2 Å². The molecular formula is C24H26N2O5S. The third kappa shape index (κ3) is 5.39. The van der Waals surface area contributed by atoms with Crippen LogP contribution in [-0.2, 0) is 10.0 Å². The van der Waals surface area contributed by atoms with Crippen LogP contribution in [0.2, 0.25) is 0 Å². The molecule has 7 nitrogen and oxygen atoms in total. The summed E-state index contributed by atoms with van der Waals surface area (Å²) in [7, 11) is -0.940. The van der Waals surface area contributed by atoms with Gasteiger partial charge < -0.3 is 14.8 Å². The Kier molecular flexibility index (Phi) is 7.37. The van der Waals surface area contributed by atoms with Gasteiger partial charge in [0.2, 0.25) is 0 Å². The molecule has 3 rings (SSSR count). The number of carbonyl (C=O) groups is 1. The van der Waals surface area contributed by atoms with Crippen LogP contribution in [0.15, 0.2) is 77.7 Å². The first-order chi connectivity index (χ1) is 15.4. The minimum Gasteiger partial charge on any atom is -0.497 e. The van der Waals surface area contributed by atoms with E-state index in [1.165, 1.54) is 38.5 Å². The Morgan fingerprint density at radius 2 is 1.53 bits per heavy atom. The first kappa shape index (κ1) is 23.1. The summed E-state index contributed by atoms with van der Waals surface area (Å²) in [5.41, 5.74) is 1.28. The molecule has 0 bridgehead atoms. The van der Waals surface area contributed by atoms with Crippen molar-refractivity contribution in [1.29, 1.82) is 0 Å². The van der Waals surface area contributed by atoms with Crippen molar-refractivity contribution in [3.8, 4) is 11.5 Å². The van der Waals surface area contributed by atoms with Gasteiger partial charge in [0.1, 0.15) is 11.5 Å². The monoisotopic (exact) mass is 454 g/mol. The maximum absolute atomic E-state index is 13.2. The SMILES string of the molecule is CCC(NC(=O)c1cc(OC)ccc1NS(=O)(=O)c1ccc(OC)cc1)c1ccccc1. The van der Waals surface area contributed by atoms with Crippen LogP contribution in [0.25, 0.3) is 0 Å². The number of carbonyl (C=O) groups excluding carboxylic acids is 1. The molecule has 1 unspecified atom stereocenters. The smallest absolute Gasteiger partial charge is 0.261 e. The highest BCUT2D eigenvalue weighted by Crippen LogP contribution is 2.27. The number of hydrogen-bond donors (Lipinski definition) is 2. The Morgan fingerprint density at radius 3 is 2.12 bits per heavy atom. The molecule has 1 amide bonds. The summed E-state index contributed by atoms with van der Waals surface area (Å²) >= 11 is 0. The molecule has 3 aromatic rings. The van der Waals surface area contributed by atoms with E-state index in [1.807, 2.05) is 37.3 Å². The summed E-state index contributed by atoms with van der Waals surface area (Å²) in [4.78, 5) is 13.2. The predicted octanol–water partition coefficient (Wildman–Crippen LogP) is 4.39. The second kappa shape index (κ2) is 10.2. The van der Waals surface area contributed by atoms with E-state index in [-0.39, 0.29) is 22.2 Å². The van der Waals surface area contributed by atoms with Crippen molar-refractivity contribution in [1.82, 2.24) is 5.32 Å². The normalized spacial score (nSPS) is 12.0. The van der Waals surface area contributed by atoms with Crippen LogP contribution in [0, 0.1) is 0 Å². The van der Waals surface area contributed by atoms with Crippen LogP contribution in [0.4, 0.5) is 5.69 Å². The number of ether oxygens (including phenoxy) is 2. The summed E-state index contributed by atoms with van der Waals surface area (Å²) in [5, 5.41) is 2.99. The molecule has 0 heterocycles. The van der Waals surface area contributed by atoms with E-state index in [2.05, 4.69) is 10.0 Å². The Hall–Kier alpha value is -3.52. The van der Waals surface area contributed by atoms with Crippen molar-refractivity contribution in [3.05, 3.63) is 83.9 Å². The highest BCUT2D eigenvalue weighted by molar-refractivity contribution is 7.92. The van der Waals surface area contributed by atoms with Crippen molar-refractivity contribution < 1.29 is 22.7 Å². The van der Waals surface area contributed by atoms with Gasteiger partial charge in [-0.15, -0.1) is 0 Å². The van der Waals surface area contributed by atoms with Gasteiger partial charge in [-0.1, -0.05) is 37.3 Å². The number of hydrogen-bond acceptors (Lipinski definition) is 5. The Morgan fingerprint density at radius 1 is 0.906 bits per heavy atom. The van der Waals surface area contributed by atoms with Crippen molar-refractivity contribution in [2.45, 2.75) is 24.3 Å². The number of benzene rings is 3. The lowest BCUT2D eigenvalue weighted by Gasteiger charge is -2.19. The zero-order valence-electron chi connectivity index (χ0n) is 18.2. The molecule has 0 aliphatic rings. The fourth-order valence-corrected chi connectivity index (χ4v) is 4.31. The molecule has 1 atom stereocenters. The van der Waals surface area contributed by atoms with E-state index in [0.29, 0.717) is 17.9 Å². The van der Waals surface area contributed by atoms with Gasteiger partial charge >= 0.3 is 0 Å². The molecular weight excluding hydrogens is 428 g/mol. The average Bonchev–Trinajstić information content (AvgIpc) is 2.83. The number of methoxy groups -OCH3 is 2. The van der Waals surface area contributed by atoms with Gasteiger partial charge in [-0.3, -0.25) is 9.52 Å². The van der Waals surface area contributed by atoms with Gasteiger partial charge in [-0.2, -0.15) is 0 Å². The molecule has 0 radical (unpaired) electrons. The maximum atomic E-state index is 13.2. The van der Waals surface area contributed by atoms with E-state index < -0.39 is 15.9 Å². The van der Waals surface area contributed by atoms with E-state index in [4.69, 9.17) is 9.47 Å². The van der Waals surface area contributed by atoms with Gasteiger partial charge in [-0.05, 0) is 54.4 Å². The van der Waals surface area contributed by atoms with Crippen LogP contribution in [0.3, 0.4) is 0 Å². The van der Waals surface area contributed by atoms with Crippen molar-refractivity contribution >= 4 is 21.6 Å². The van der Waals surface area contributed by atoms with Crippen molar-refractivity contribution in [2.24, 2.45) is 0 Å². The Labute approximate surface area is 188 Å². The van der Waals surface area contributed by atoms with Crippen LogP contribution in [-0.4, -0.2) is 28.5 Å². The van der Waals surface area contributed by atoms with Crippen molar-refractivity contribution in [2.75, 3.05) is 18.9 Å². The molecule has 3 aromatic carbocycles. The zero-order chi connectivity index (χ0) is 23.1. The average molecular weight is 455 g/mol. The molecule has 8 heteroatoms. The molecule has 168 valence electrons. The summed E-state index contributed by atoms with van der Waals surface area (Å²) in [6, 6.07) is 20.0. The zero-order valence-corrected chi connectivity index (χ0v) is 19.0. The second-order valence-electron chi connectivity index (χ2n) is 7.04. The summed E-state index contributed by atoms with van der Waals surface area (Å²) in [5.74, 6) is 0.572. The lowest BCUT2D eigenvalue weighted by molar-refractivity contribution is 0.0936. The maximum Gasteiger partial charge on any atom is 0.261 e.